The van der Waals surface area contributed by atoms with Crippen molar-refractivity contribution >= 4 is 38.3 Å². The van der Waals surface area contributed by atoms with Crippen molar-refractivity contribution in [1.29, 1.82) is 0 Å². The fourth-order valence-electron chi connectivity index (χ4n) is 4.87. The number of aryl methyl sites for hydroxylation is 1. The number of amides is 2. The Balaban J connectivity index is 1.77. The van der Waals surface area contributed by atoms with Crippen molar-refractivity contribution in [2.24, 2.45) is 0 Å². The molecule has 0 aromatic heterocycles. The van der Waals surface area contributed by atoms with Gasteiger partial charge in [0.05, 0.1) is 11.9 Å². The third kappa shape index (κ3) is 7.07. The van der Waals surface area contributed by atoms with E-state index in [-0.39, 0.29) is 18.9 Å². The molecule has 0 saturated heterocycles. The lowest BCUT2D eigenvalue weighted by atomic mass is 10.0. The molecule has 0 spiro atoms. The van der Waals surface area contributed by atoms with Gasteiger partial charge in [0.25, 0.3) is 0 Å². The van der Waals surface area contributed by atoms with Gasteiger partial charge in [-0.1, -0.05) is 96.6 Å². The van der Waals surface area contributed by atoms with Gasteiger partial charge in [0.1, 0.15) is 12.6 Å². The first-order chi connectivity index (χ1) is 19.2. The van der Waals surface area contributed by atoms with Gasteiger partial charge in [-0.05, 0) is 36.4 Å². The number of carbonyl (C=O) groups is 2. The largest absolute Gasteiger partial charge is 0.355 e. The van der Waals surface area contributed by atoms with Crippen LogP contribution in [0.2, 0.25) is 0 Å². The summed E-state index contributed by atoms with van der Waals surface area (Å²) in [5.41, 5.74) is 3.19. The van der Waals surface area contributed by atoms with Crippen molar-refractivity contribution in [2.45, 2.75) is 32.9 Å². The molecule has 8 heteroatoms. The summed E-state index contributed by atoms with van der Waals surface area (Å²) in [5.74, 6) is -0.754. The lowest BCUT2D eigenvalue weighted by Crippen LogP contribution is -2.53. The predicted octanol–water partition coefficient (Wildman–Crippen LogP) is 4.69. The van der Waals surface area contributed by atoms with E-state index in [2.05, 4.69) is 5.32 Å². The van der Waals surface area contributed by atoms with E-state index in [1.165, 1.54) is 4.90 Å². The number of nitrogens with zero attached hydrogens (tertiary/aromatic N) is 2. The fraction of sp³-hybridized carbons (Fsp3) is 0.250. The Morgan fingerprint density at radius 2 is 1.50 bits per heavy atom. The minimum Gasteiger partial charge on any atom is -0.355 e. The van der Waals surface area contributed by atoms with E-state index in [4.69, 9.17) is 0 Å². The van der Waals surface area contributed by atoms with E-state index in [0.717, 1.165) is 38.0 Å². The van der Waals surface area contributed by atoms with Gasteiger partial charge >= 0.3 is 0 Å². The zero-order valence-corrected chi connectivity index (χ0v) is 23.9. The standard InChI is InChI=1S/C32H35N3O4S/c1-4-33-32(37)30(21-25-13-6-5-7-14-25)34(22-26-15-10-12-24(2)20-26)31(36)23-35(40(3,38)39)29-19-11-17-27-16-8-9-18-28(27)29/h5-20,30H,4,21-23H2,1-3H3,(H,33,37)/t30-/m1/s1. The van der Waals surface area contributed by atoms with Crippen LogP contribution in [0.25, 0.3) is 10.8 Å². The van der Waals surface area contributed by atoms with E-state index >= 15 is 0 Å². The average Bonchev–Trinajstić information content (AvgIpc) is 2.93. The van der Waals surface area contributed by atoms with Gasteiger partial charge in [0.15, 0.2) is 0 Å². The number of anilines is 1. The maximum Gasteiger partial charge on any atom is 0.244 e. The SMILES string of the molecule is CCNC(=O)[C@@H](Cc1ccccc1)N(Cc1cccc(C)c1)C(=O)CN(c1cccc2ccccc12)S(C)(=O)=O. The molecule has 0 aliphatic heterocycles. The second-order valence-corrected chi connectivity index (χ2v) is 11.8. The second-order valence-electron chi connectivity index (χ2n) is 9.88. The molecule has 0 unspecified atom stereocenters. The topological polar surface area (TPSA) is 86.8 Å². The molecule has 0 aliphatic rings. The Morgan fingerprint density at radius 3 is 2.20 bits per heavy atom. The molecule has 4 aromatic rings. The number of hydrogen-bond acceptors (Lipinski definition) is 4. The molecule has 1 N–H and O–H groups in total. The molecular formula is C32H35N3O4S. The van der Waals surface area contributed by atoms with Crippen molar-refractivity contribution in [1.82, 2.24) is 10.2 Å². The fourth-order valence-corrected chi connectivity index (χ4v) is 5.74. The summed E-state index contributed by atoms with van der Waals surface area (Å²) in [6.07, 6.45) is 1.38. The lowest BCUT2D eigenvalue weighted by Gasteiger charge is -2.33. The molecule has 1 atom stereocenters. The Bertz CT molecular complexity index is 1580. The molecule has 2 amide bonds. The van der Waals surface area contributed by atoms with Crippen molar-refractivity contribution < 1.29 is 18.0 Å². The summed E-state index contributed by atoms with van der Waals surface area (Å²) >= 11 is 0. The summed E-state index contributed by atoms with van der Waals surface area (Å²) in [6.45, 7) is 3.91. The highest BCUT2D eigenvalue weighted by Crippen LogP contribution is 2.29. The van der Waals surface area contributed by atoms with Crippen LogP contribution in [0.4, 0.5) is 5.69 Å². The van der Waals surface area contributed by atoms with E-state index in [9.17, 15) is 18.0 Å². The van der Waals surface area contributed by atoms with Crippen LogP contribution in [0.15, 0.2) is 97.1 Å². The summed E-state index contributed by atoms with van der Waals surface area (Å²) in [6, 6.07) is 29.2. The first kappa shape index (κ1) is 28.8. The van der Waals surface area contributed by atoms with Crippen molar-refractivity contribution in [2.75, 3.05) is 23.7 Å². The van der Waals surface area contributed by atoms with Gasteiger partial charge in [-0.2, -0.15) is 0 Å². The normalized spacial score (nSPS) is 12.1. The van der Waals surface area contributed by atoms with Gasteiger partial charge in [-0.25, -0.2) is 8.42 Å². The van der Waals surface area contributed by atoms with Gasteiger partial charge < -0.3 is 10.2 Å². The summed E-state index contributed by atoms with van der Waals surface area (Å²) in [5, 5.41) is 4.46. The van der Waals surface area contributed by atoms with Crippen LogP contribution < -0.4 is 9.62 Å². The van der Waals surface area contributed by atoms with E-state index < -0.39 is 28.5 Å². The molecule has 0 bridgehead atoms. The zero-order valence-electron chi connectivity index (χ0n) is 23.1. The summed E-state index contributed by atoms with van der Waals surface area (Å²) in [7, 11) is -3.85. The number of hydrogen-bond donors (Lipinski definition) is 1. The Kier molecular flexibility index (Phi) is 9.22. The lowest BCUT2D eigenvalue weighted by molar-refractivity contribution is -0.140. The monoisotopic (exact) mass is 557 g/mol. The molecule has 0 saturated carbocycles. The third-order valence-corrected chi connectivity index (χ3v) is 7.90. The van der Waals surface area contributed by atoms with Crippen LogP contribution in [0.5, 0.6) is 0 Å². The highest BCUT2D eigenvalue weighted by Gasteiger charge is 2.33. The highest BCUT2D eigenvalue weighted by molar-refractivity contribution is 7.92. The van der Waals surface area contributed by atoms with Crippen LogP contribution in [-0.4, -0.2) is 50.5 Å². The number of nitrogens with one attached hydrogen (secondary N) is 1. The van der Waals surface area contributed by atoms with E-state index in [0.29, 0.717) is 12.2 Å². The smallest absolute Gasteiger partial charge is 0.244 e. The Hall–Kier alpha value is -4.17. The van der Waals surface area contributed by atoms with Crippen molar-refractivity contribution in [3.8, 4) is 0 Å². The molecule has 0 heterocycles. The molecule has 40 heavy (non-hydrogen) atoms. The van der Waals surface area contributed by atoms with Crippen molar-refractivity contribution in [3.63, 3.8) is 0 Å². The van der Waals surface area contributed by atoms with Crippen LogP contribution >= 0.6 is 0 Å². The average molecular weight is 558 g/mol. The first-order valence-corrected chi connectivity index (χ1v) is 15.1. The van der Waals surface area contributed by atoms with Crippen LogP contribution in [-0.2, 0) is 32.6 Å². The number of sulfonamides is 1. The number of likely N-dealkylation sites (N-methyl/N-ethyl adjacent to an activating group) is 1. The number of fused-ring (bicyclic) bond motifs is 1. The van der Waals surface area contributed by atoms with Crippen LogP contribution in [0.3, 0.4) is 0 Å². The predicted molar refractivity (Wildman–Crippen MR) is 160 cm³/mol. The number of rotatable bonds is 11. The molecule has 0 fully saturated rings. The van der Waals surface area contributed by atoms with Crippen LogP contribution in [0, 0.1) is 6.92 Å². The Morgan fingerprint density at radius 1 is 0.850 bits per heavy atom. The molecule has 4 aromatic carbocycles. The molecule has 0 radical (unpaired) electrons. The number of carbonyl (C=O) groups excluding carboxylic acids is 2. The second kappa shape index (κ2) is 12.8. The van der Waals surface area contributed by atoms with Crippen molar-refractivity contribution in [3.05, 3.63) is 114 Å². The molecular weight excluding hydrogens is 522 g/mol. The first-order valence-electron chi connectivity index (χ1n) is 13.3. The summed E-state index contributed by atoms with van der Waals surface area (Å²) in [4.78, 5) is 29.1. The maximum atomic E-state index is 14.2. The zero-order chi connectivity index (χ0) is 28.7. The van der Waals surface area contributed by atoms with Gasteiger partial charge in [-0.15, -0.1) is 0 Å². The van der Waals surface area contributed by atoms with Gasteiger partial charge in [-0.3, -0.25) is 13.9 Å². The van der Waals surface area contributed by atoms with E-state index in [1.54, 1.807) is 12.1 Å². The minimum atomic E-state index is -3.85. The molecule has 4 rings (SSSR count). The maximum absolute atomic E-state index is 14.2. The quantitative estimate of drug-likeness (QED) is 0.290. The van der Waals surface area contributed by atoms with E-state index in [1.807, 2.05) is 98.8 Å². The van der Waals surface area contributed by atoms with Gasteiger partial charge in [0, 0.05) is 24.9 Å². The third-order valence-electron chi connectivity index (χ3n) is 6.77. The number of benzene rings is 4. The molecule has 0 aliphatic carbocycles. The Labute approximate surface area is 236 Å². The van der Waals surface area contributed by atoms with Crippen LogP contribution in [0.1, 0.15) is 23.6 Å². The molecule has 7 nitrogen and oxygen atoms in total. The van der Waals surface area contributed by atoms with Gasteiger partial charge in [0.2, 0.25) is 21.8 Å². The highest BCUT2D eigenvalue weighted by atomic mass is 32.2. The molecule has 208 valence electrons. The minimum absolute atomic E-state index is 0.155. The summed E-state index contributed by atoms with van der Waals surface area (Å²) < 4.78 is 27.4.